The van der Waals surface area contributed by atoms with Gasteiger partial charge in [-0.05, 0) is 140 Å². The van der Waals surface area contributed by atoms with Crippen LogP contribution in [0.1, 0.15) is 110 Å². The van der Waals surface area contributed by atoms with Gasteiger partial charge in [0.1, 0.15) is 0 Å². The first kappa shape index (κ1) is 39.4. The van der Waals surface area contributed by atoms with Crippen molar-refractivity contribution in [2.45, 2.75) is 111 Å². The van der Waals surface area contributed by atoms with Gasteiger partial charge in [0.25, 0.3) is 0 Å². The molecular formula is C59H55BN2O2S. The Bertz CT molecular complexity index is 3610. The Morgan fingerprint density at radius 1 is 0.585 bits per heavy atom. The number of benzene rings is 7. The summed E-state index contributed by atoms with van der Waals surface area (Å²) >= 11 is 1.94. The highest BCUT2D eigenvalue weighted by Gasteiger charge is 2.48. The van der Waals surface area contributed by atoms with E-state index >= 15 is 0 Å². The Labute approximate surface area is 386 Å². The van der Waals surface area contributed by atoms with Crippen molar-refractivity contribution in [2.24, 2.45) is 0 Å². The van der Waals surface area contributed by atoms with Crippen molar-refractivity contribution in [3.63, 3.8) is 0 Å². The smallest absolute Gasteiger partial charge is 0.333 e. The van der Waals surface area contributed by atoms with Crippen LogP contribution in [0.2, 0.25) is 0 Å². The molecule has 2 aromatic heterocycles. The molecular weight excluding hydrogens is 812 g/mol. The maximum absolute atomic E-state index is 6.82. The first-order chi connectivity index (χ1) is 30.9. The average molecular weight is 867 g/mol. The maximum Gasteiger partial charge on any atom is 0.333 e. The largest absolute Gasteiger partial charge is 0.449 e. The molecule has 6 heteroatoms. The minimum absolute atomic E-state index is 0.00376. The molecule has 0 amide bonds. The summed E-state index contributed by atoms with van der Waals surface area (Å²) in [4.78, 5) is 2.72. The maximum atomic E-state index is 6.82. The number of anilines is 2. The third kappa shape index (κ3) is 5.38. The molecule has 0 saturated heterocycles. The zero-order valence-electron chi connectivity index (χ0n) is 39.5. The van der Waals surface area contributed by atoms with Gasteiger partial charge in [0.2, 0.25) is 0 Å². The number of para-hydroxylation sites is 2. The van der Waals surface area contributed by atoms with Crippen LogP contribution in [0.15, 0.2) is 109 Å². The minimum atomic E-state index is -0.142. The van der Waals surface area contributed by atoms with Gasteiger partial charge in [0, 0.05) is 49.2 Å². The highest BCUT2D eigenvalue weighted by molar-refractivity contribution is 7.26. The van der Waals surface area contributed by atoms with Gasteiger partial charge in [-0.25, -0.2) is 0 Å². The normalized spacial score (nSPS) is 16.5. The lowest BCUT2D eigenvalue weighted by molar-refractivity contribution is 0.332. The third-order valence-corrected chi connectivity index (χ3v) is 16.9. The molecule has 0 unspecified atom stereocenters. The Morgan fingerprint density at radius 2 is 1.23 bits per heavy atom. The highest BCUT2D eigenvalue weighted by Crippen LogP contribution is 2.56. The summed E-state index contributed by atoms with van der Waals surface area (Å²) in [5, 5.41) is 5.24. The van der Waals surface area contributed by atoms with E-state index in [0.29, 0.717) is 0 Å². The Kier molecular flexibility index (Phi) is 7.68. The molecule has 65 heavy (non-hydrogen) atoms. The highest BCUT2D eigenvalue weighted by atomic mass is 32.1. The number of aromatic nitrogens is 1. The molecule has 9 aromatic rings. The number of fused-ring (bicyclic) bond motifs is 14. The van der Waals surface area contributed by atoms with Crippen molar-refractivity contribution in [2.75, 3.05) is 4.81 Å². The Balaban J connectivity index is 1.23. The molecule has 0 fully saturated rings. The molecule has 13 rings (SSSR count). The SMILES string of the molecule is Cc1cc2c(cc1N1B3c4c(cc5c(sc6ccccc65)c4-n4c5ccc(C(C)(C)C)cc5c5cc(C(C)(C)C)cc3c54)-c3cc4c(cc31)Oc1ccccc1O4)C(C)(C)CCC2(C)C. The van der Waals surface area contributed by atoms with Gasteiger partial charge < -0.3 is 18.9 Å². The van der Waals surface area contributed by atoms with Crippen LogP contribution in [-0.2, 0) is 21.7 Å². The summed E-state index contributed by atoms with van der Waals surface area (Å²) in [5.74, 6) is 2.96. The first-order valence-electron chi connectivity index (χ1n) is 23.6. The average Bonchev–Trinajstić information content (AvgIpc) is 3.80. The lowest BCUT2D eigenvalue weighted by Crippen LogP contribution is -2.61. The summed E-state index contributed by atoms with van der Waals surface area (Å²) in [7, 11) is 0. The number of nitrogens with zero attached hydrogens (tertiary/aromatic N) is 2. The van der Waals surface area contributed by atoms with Gasteiger partial charge in [-0.1, -0.05) is 118 Å². The summed E-state index contributed by atoms with van der Waals surface area (Å²) in [6, 6.07) is 41.6. The lowest BCUT2D eigenvalue weighted by Gasteiger charge is -2.46. The fourth-order valence-electron chi connectivity index (χ4n) is 11.9. The van der Waals surface area contributed by atoms with E-state index in [0.717, 1.165) is 40.7 Å². The molecule has 4 aliphatic rings. The molecule has 0 atom stereocenters. The van der Waals surface area contributed by atoms with Crippen LogP contribution in [0.4, 0.5) is 11.4 Å². The number of aryl methyl sites for hydroxylation is 1. The molecule has 5 heterocycles. The van der Waals surface area contributed by atoms with E-state index in [9.17, 15) is 0 Å². The summed E-state index contributed by atoms with van der Waals surface area (Å²) in [6.45, 7) is 26.1. The number of hydrogen-bond acceptors (Lipinski definition) is 4. The standard InChI is InChI=1S/C59H55BN2O2S/c1-32-24-41-42(59(10,11)23-22-58(41,8)9)30-45(32)62-46-31-50-49(63-47-17-13-14-18-48(47)64-50)29-37(46)38-28-40-35-16-12-15-19-51(35)65-55(40)54-52(38)60(62)43-27-34(57(5,6)7)26-39-36-25-33(56(2,3)4)20-21-44(36)61(54)53(39)43/h12-21,24-31H,22-23H2,1-11H3. The van der Waals surface area contributed by atoms with Crippen molar-refractivity contribution in [1.29, 1.82) is 0 Å². The molecule has 3 aliphatic heterocycles. The fraction of sp³-hybridized carbons (Fsp3) is 0.288. The van der Waals surface area contributed by atoms with Gasteiger partial charge in [0.15, 0.2) is 23.0 Å². The van der Waals surface area contributed by atoms with E-state index in [-0.39, 0.29) is 28.5 Å². The zero-order valence-corrected chi connectivity index (χ0v) is 40.3. The number of rotatable bonds is 1. The molecule has 0 radical (unpaired) electrons. The van der Waals surface area contributed by atoms with Crippen LogP contribution in [0, 0.1) is 6.92 Å². The van der Waals surface area contributed by atoms with Gasteiger partial charge >= 0.3 is 6.85 Å². The zero-order chi connectivity index (χ0) is 44.9. The van der Waals surface area contributed by atoms with E-state index in [1.807, 2.05) is 35.6 Å². The van der Waals surface area contributed by atoms with Crippen molar-refractivity contribution in [3.05, 3.63) is 137 Å². The monoisotopic (exact) mass is 866 g/mol. The van der Waals surface area contributed by atoms with Crippen molar-refractivity contribution in [1.82, 2.24) is 4.57 Å². The second kappa shape index (κ2) is 12.7. The molecule has 7 aromatic carbocycles. The van der Waals surface area contributed by atoms with E-state index < -0.39 is 0 Å². The predicted octanol–water partition coefficient (Wildman–Crippen LogP) is 15.5. The lowest BCUT2D eigenvalue weighted by atomic mass is 9.43. The number of hydrogen-bond donors (Lipinski definition) is 0. The first-order valence-corrected chi connectivity index (χ1v) is 24.4. The Morgan fingerprint density at radius 3 is 1.94 bits per heavy atom. The third-order valence-electron chi connectivity index (χ3n) is 15.7. The van der Waals surface area contributed by atoms with Gasteiger partial charge in [0.05, 0.1) is 21.4 Å². The molecule has 0 saturated carbocycles. The van der Waals surface area contributed by atoms with Crippen LogP contribution < -0.4 is 25.2 Å². The molecule has 4 nitrogen and oxygen atoms in total. The van der Waals surface area contributed by atoms with Crippen LogP contribution in [0.5, 0.6) is 23.0 Å². The summed E-state index contributed by atoms with van der Waals surface area (Å²) < 4.78 is 18.9. The van der Waals surface area contributed by atoms with E-state index in [1.54, 1.807) is 0 Å². The molecule has 0 bridgehead atoms. The van der Waals surface area contributed by atoms with Crippen LogP contribution in [0.3, 0.4) is 0 Å². The molecule has 322 valence electrons. The minimum Gasteiger partial charge on any atom is -0.449 e. The second-order valence-electron chi connectivity index (χ2n) is 22.9. The summed E-state index contributed by atoms with van der Waals surface area (Å²) in [6.07, 6.45) is 2.32. The topological polar surface area (TPSA) is 26.6 Å². The number of thiophene rings is 1. The molecule has 0 N–H and O–H groups in total. The van der Waals surface area contributed by atoms with Crippen LogP contribution >= 0.6 is 11.3 Å². The molecule has 0 spiro atoms. The van der Waals surface area contributed by atoms with E-state index in [4.69, 9.17) is 9.47 Å². The fourth-order valence-corrected chi connectivity index (χ4v) is 13.1. The predicted molar refractivity (Wildman–Crippen MR) is 277 cm³/mol. The quantitative estimate of drug-likeness (QED) is 0.154. The van der Waals surface area contributed by atoms with Gasteiger partial charge in [-0.15, -0.1) is 11.3 Å². The van der Waals surface area contributed by atoms with Crippen molar-refractivity contribution in [3.8, 4) is 39.8 Å². The molecule has 1 aliphatic carbocycles. The van der Waals surface area contributed by atoms with E-state index in [1.165, 1.54) is 104 Å². The van der Waals surface area contributed by atoms with Crippen LogP contribution in [-0.4, -0.2) is 11.4 Å². The Hall–Kier alpha value is -5.98. The van der Waals surface area contributed by atoms with Crippen molar-refractivity contribution >= 4 is 82.5 Å². The van der Waals surface area contributed by atoms with Crippen molar-refractivity contribution < 1.29 is 9.47 Å². The number of ether oxygens (including phenoxy) is 2. The van der Waals surface area contributed by atoms with Gasteiger partial charge in [-0.3, -0.25) is 0 Å². The van der Waals surface area contributed by atoms with E-state index in [2.05, 4.69) is 170 Å². The van der Waals surface area contributed by atoms with Gasteiger partial charge in [-0.2, -0.15) is 0 Å². The van der Waals surface area contributed by atoms with Crippen LogP contribution in [0.25, 0.3) is 58.8 Å². The second-order valence-corrected chi connectivity index (χ2v) is 23.9. The summed E-state index contributed by atoms with van der Waals surface area (Å²) in [5.41, 5.74) is 18.3.